The van der Waals surface area contributed by atoms with Crippen molar-refractivity contribution in [3.8, 4) is 0 Å². The van der Waals surface area contributed by atoms with Crippen molar-refractivity contribution in [3.63, 3.8) is 0 Å². The summed E-state index contributed by atoms with van der Waals surface area (Å²) in [5.74, 6) is 0.00463. The summed E-state index contributed by atoms with van der Waals surface area (Å²) in [6.45, 7) is 10.9. The van der Waals surface area contributed by atoms with Crippen LogP contribution in [0.4, 0.5) is 0 Å². The van der Waals surface area contributed by atoms with E-state index in [0.29, 0.717) is 6.42 Å². The molecule has 0 spiro atoms. The molecule has 0 amide bonds. The predicted molar refractivity (Wildman–Crippen MR) is 89.7 cm³/mol. The molecule has 0 fully saturated rings. The fraction of sp³-hybridized carbons (Fsp3) is 0.167. The molecule has 2 rings (SSSR count). The first-order valence-electron chi connectivity index (χ1n) is 6.36. The minimum absolute atomic E-state index is 0. The topological polar surface area (TPSA) is 17.1 Å². The van der Waals surface area contributed by atoms with Crippen LogP contribution < -0.4 is 10.4 Å². The van der Waals surface area contributed by atoms with Crippen LogP contribution in [0.15, 0.2) is 48.1 Å². The largest absolute Gasteiger partial charge is 0.300 e. The third-order valence-corrected chi connectivity index (χ3v) is 2.73. The Kier molecular flexibility index (Phi) is 8.58. The highest BCUT2D eigenvalue weighted by Crippen LogP contribution is 2.13. The molecule has 2 radical (unpaired) electrons. The molecule has 0 atom stereocenters. The van der Waals surface area contributed by atoms with Crippen LogP contribution in [0.25, 0.3) is 12.2 Å². The van der Waals surface area contributed by atoms with E-state index in [0.717, 1.165) is 5.22 Å². The number of rotatable bonds is 1. The van der Waals surface area contributed by atoms with Gasteiger partial charge in [-0.3, -0.25) is 4.79 Å². The predicted octanol–water partition coefficient (Wildman–Crippen LogP) is 3.19. The summed E-state index contributed by atoms with van der Waals surface area (Å²) in [7, 11) is 0. The maximum Gasteiger partial charge on any atom is 0.133 e. The molecule has 0 N–H and O–H groups in total. The van der Waals surface area contributed by atoms with Gasteiger partial charge in [0.2, 0.25) is 0 Å². The van der Waals surface area contributed by atoms with Gasteiger partial charge in [-0.05, 0) is 22.9 Å². The second-order valence-corrected chi connectivity index (χ2v) is 4.46. The third kappa shape index (κ3) is 6.53. The van der Waals surface area contributed by atoms with E-state index in [-0.39, 0.29) is 18.2 Å². The number of carbonyl (C=O) groups excluding carboxylic acids is 1. The van der Waals surface area contributed by atoms with Gasteiger partial charge in [0, 0.05) is 19.8 Å². The molecule has 106 valence electrons. The highest BCUT2D eigenvalue weighted by Gasteiger charge is 1.97. The molecule has 0 aliphatic heterocycles. The van der Waals surface area contributed by atoms with Gasteiger partial charge in [0.05, 0.1) is 0 Å². The number of hydrogen-bond donors (Lipinski definition) is 0. The summed E-state index contributed by atoms with van der Waals surface area (Å²) < 4.78 is 0. The van der Waals surface area contributed by atoms with Crippen LogP contribution in [0.1, 0.15) is 20.3 Å². The lowest BCUT2D eigenvalue weighted by atomic mass is 10.0. The van der Waals surface area contributed by atoms with Crippen molar-refractivity contribution in [3.05, 3.63) is 71.8 Å². The molecule has 0 unspecified atom stereocenters. The van der Waals surface area contributed by atoms with Crippen molar-refractivity contribution in [1.82, 2.24) is 0 Å². The number of benzene rings is 1. The molecule has 0 saturated carbocycles. The minimum Gasteiger partial charge on any atom is -0.300 e. The van der Waals surface area contributed by atoms with E-state index in [1.807, 2.05) is 12.1 Å². The fourth-order valence-corrected chi connectivity index (χ4v) is 1.44. The van der Waals surface area contributed by atoms with Crippen LogP contribution in [0.3, 0.4) is 0 Å². The molecule has 0 heterocycles. The maximum absolute atomic E-state index is 9.70. The summed E-state index contributed by atoms with van der Waals surface area (Å²) in [6.07, 6.45) is 9.11. The summed E-state index contributed by atoms with van der Waals surface area (Å²) in [4.78, 5) is 9.70. The van der Waals surface area contributed by atoms with E-state index >= 15 is 0 Å². The van der Waals surface area contributed by atoms with Crippen molar-refractivity contribution < 1.29 is 4.79 Å². The molecule has 0 bridgehead atoms. The molecule has 1 aliphatic carbocycles. The number of halogens is 1. The first-order chi connectivity index (χ1) is 9.02. The molecule has 20 heavy (non-hydrogen) atoms. The maximum atomic E-state index is 9.70. The van der Waals surface area contributed by atoms with E-state index < -0.39 is 0 Å². The van der Waals surface area contributed by atoms with Gasteiger partial charge >= 0.3 is 0 Å². The Hall–Kier alpha value is -1.60. The van der Waals surface area contributed by atoms with Gasteiger partial charge in [-0.1, -0.05) is 61.6 Å². The van der Waals surface area contributed by atoms with Gasteiger partial charge in [-0.2, -0.15) is 0 Å². The zero-order chi connectivity index (χ0) is 14.3. The Balaban J connectivity index is 0.000000526. The lowest BCUT2D eigenvalue weighted by Gasteiger charge is -2.04. The van der Waals surface area contributed by atoms with E-state index in [2.05, 4.69) is 57.2 Å². The Morgan fingerprint density at radius 2 is 1.70 bits per heavy atom. The van der Waals surface area contributed by atoms with Gasteiger partial charge in [0.25, 0.3) is 0 Å². The number of hydrogen-bond acceptors (Lipinski definition) is 1. The fourth-order valence-electron chi connectivity index (χ4n) is 1.44. The van der Waals surface area contributed by atoms with Gasteiger partial charge in [0.1, 0.15) is 5.78 Å². The van der Waals surface area contributed by atoms with Crippen molar-refractivity contribution in [2.24, 2.45) is 0 Å². The first-order valence-corrected chi connectivity index (χ1v) is 6.36. The summed E-state index contributed by atoms with van der Waals surface area (Å²) in [6, 6.07) is 8.28. The summed E-state index contributed by atoms with van der Waals surface area (Å²) in [5.41, 5.74) is 2.55. The first kappa shape index (κ1) is 18.4. The van der Waals surface area contributed by atoms with Gasteiger partial charge < -0.3 is 0 Å². The van der Waals surface area contributed by atoms with Gasteiger partial charge in [0.15, 0.2) is 0 Å². The van der Waals surface area contributed by atoms with Crippen LogP contribution >= 0.6 is 12.4 Å². The third-order valence-electron chi connectivity index (χ3n) is 2.73. The molecule has 1 aromatic rings. The van der Waals surface area contributed by atoms with Crippen LogP contribution in [0.5, 0.6) is 0 Å². The summed E-state index contributed by atoms with van der Waals surface area (Å²) >= 11 is 0. The van der Waals surface area contributed by atoms with Crippen molar-refractivity contribution >= 4 is 30.3 Å². The van der Waals surface area contributed by atoms with Crippen LogP contribution in [0, 0.1) is 13.3 Å². The SMILES string of the molecule is C=c1ccc(=C2[CH]C=C(C)C=C2)cc1.Cl.[CH2]C(=O)CC. The number of carbonyl (C=O) groups is 1. The Morgan fingerprint density at radius 3 is 2.10 bits per heavy atom. The molecule has 0 aromatic heterocycles. The lowest BCUT2D eigenvalue weighted by Crippen LogP contribution is -2.09. The van der Waals surface area contributed by atoms with E-state index in [1.54, 1.807) is 6.92 Å². The number of Topliss-reactive ketones (excluding diaryl/α,β-unsaturated/α-hetero) is 1. The Bertz CT molecular complexity index is 585. The van der Waals surface area contributed by atoms with Gasteiger partial charge in [-0.25, -0.2) is 0 Å². The quantitative estimate of drug-likeness (QED) is 0.776. The Morgan fingerprint density at radius 1 is 1.15 bits per heavy atom. The molecule has 0 saturated heterocycles. The van der Waals surface area contributed by atoms with Crippen molar-refractivity contribution in [1.29, 1.82) is 0 Å². The van der Waals surface area contributed by atoms with Crippen LogP contribution in [-0.2, 0) is 4.79 Å². The summed E-state index contributed by atoms with van der Waals surface area (Å²) in [5, 5.41) is 2.30. The molecule has 1 aromatic carbocycles. The van der Waals surface area contributed by atoms with E-state index in [4.69, 9.17) is 0 Å². The standard InChI is InChI=1S/C14H13.C4H7O.ClH/c1-11-3-7-13(8-4-11)14-9-5-12(2)6-10-14;1-3-4(2)5;/h3-10H,1H2,2H3;2-3H2,1H3;1H. The number of ketones is 1. The molecule has 2 heteroatoms. The monoisotopic (exact) mass is 288 g/mol. The van der Waals surface area contributed by atoms with Crippen molar-refractivity contribution in [2.75, 3.05) is 0 Å². The normalized spacial score (nSPS) is 12.8. The highest BCUT2D eigenvalue weighted by molar-refractivity contribution is 5.85. The lowest BCUT2D eigenvalue weighted by molar-refractivity contribution is -0.114. The number of allylic oxidation sites excluding steroid dienone is 4. The second kappa shape index (κ2) is 9.33. The molecule has 1 aliphatic rings. The molecule has 1 nitrogen and oxygen atoms in total. The van der Waals surface area contributed by atoms with E-state index in [1.165, 1.54) is 16.4 Å². The zero-order valence-electron chi connectivity index (χ0n) is 12.1. The van der Waals surface area contributed by atoms with Crippen LogP contribution in [0.2, 0.25) is 0 Å². The highest BCUT2D eigenvalue weighted by atomic mass is 35.5. The van der Waals surface area contributed by atoms with Crippen LogP contribution in [-0.4, -0.2) is 5.78 Å². The van der Waals surface area contributed by atoms with E-state index in [9.17, 15) is 4.79 Å². The molecular weight excluding hydrogens is 268 g/mol. The molecular formula is C18H21ClO. The minimum atomic E-state index is 0. The average Bonchev–Trinajstić information content (AvgIpc) is 2.41. The zero-order valence-corrected chi connectivity index (χ0v) is 12.9. The average molecular weight is 289 g/mol. The second-order valence-electron chi connectivity index (χ2n) is 4.46. The Labute approximate surface area is 127 Å². The smallest absolute Gasteiger partial charge is 0.133 e. The van der Waals surface area contributed by atoms with Crippen molar-refractivity contribution in [2.45, 2.75) is 20.3 Å². The van der Waals surface area contributed by atoms with Gasteiger partial charge in [-0.15, -0.1) is 12.4 Å².